The molecular formula is C21H20N4O2. The van der Waals surface area contributed by atoms with Crippen LogP contribution in [0.2, 0.25) is 0 Å². The number of rotatable bonds is 6. The van der Waals surface area contributed by atoms with Crippen LogP contribution in [0.3, 0.4) is 0 Å². The van der Waals surface area contributed by atoms with E-state index in [1.54, 1.807) is 30.3 Å². The summed E-state index contributed by atoms with van der Waals surface area (Å²) in [4.78, 5) is 24.5. The van der Waals surface area contributed by atoms with E-state index in [9.17, 15) is 4.79 Å². The van der Waals surface area contributed by atoms with E-state index in [1.807, 2.05) is 25.1 Å². The number of carbonyl (C=O) groups excluding carboxylic acids is 1. The van der Waals surface area contributed by atoms with Gasteiger partial charge in [0.2, 0.25) is 5.88 Å². The van der Waals surface area contributed by atoms with E-state index in [1.165, 1.54) is 6.20 Å². The van der Waals surface area contributed by atoms with E-state index in [4.69, 9.17) is 10.5 Å². The molecule has 0 unspecified atom stereocenters. The van der Waals surface area contributed by atoms with E-state index < -0.39 is 5.91 Å². The van der Waals surface area contributed by atoms with Crippen molar-refractivity contribution in [2.45, 2.75) is 6.92 Å². The van der Waals surface area contributed by atoms with Gasteiger partial charge in [-0.15, -0.1) is 0 Å². The van der Waals surface area contributed by atoms with Gasteiger partial charge in [0.25, 0.3) is 5.91 Å². The average Bonchev–Trinajstić information content (AvgIpc) is 2.66. The molecule has 1 heterocycles. The predicted molar refractivity (Wildman–Crippen MR) is 109 cm³/mol. The van der Waals surface area contributed by atoms with Crippen LogP contribution in [-0.2, 0) is 0 Å². The first-order chi connectivity index (χ1) is 13.0. The second kappa shape index (κ2) is 7.61. The number of fused-ring (bicyclic) bond motifs is 1. The number of benzene rings is 2. The molecule has 2 aromatic carbocycles. The molecule has 0 fully saturated rings. The van der Waals surface area contributed by atoms with Crippen LogP contribution in [0.15, 0.2) is 66.3 Å². The second-order valence-electron chi connectivity index (χ2n) is 5.81. The Bertz CT molecular complexity index is 1090. The third kappa shape index (κ3) is 3.74. The van der Waals surface area contributed by atoms with Crippen molar-refractivity contribution >= 4 is 29.1 Å². The Morgan fingerprint density at radius 3 is 2.74 bits per heavy atom. The normalized spacial score (nSPS) is 11.2. The highest BCUT2D eigenvalue weighted by Gasteiger charge is 2.15. The lowest BCUT2D eigenvalue weighted by atomic mass is 10.1. The molecule has 3 rings (SSSR count). The van der Waals surface area contributed by atoms with Crippen molar-refractivity contribution < 1.29 is 11.0 Å². The molecule has 6 nitrogen and oxygen atoms in total. The molecule has 3 aromatic rings. The van der Waals surface area contributed by atoms with E-state index >= 15 is 0 Å². The van der Waals surface area contributed by atoms with Crippen LogP contribution in [0.4, 0.5) is 0 Å². The number of hydrogen-bond donors (Lipinski definition) is 1. The van der Waals surface area contributed by atoms with Crippen LogP contribution in [-0.4, -0.2) is 22.6 Å². The van der Waals surface area contributed by atoms with Gasteiger partial charge < -0.3 is 10.5 Å². The summed E-state index contributed by atoms with van der Waals surface area (Å²) in [6.45, 7) is 9.18. The van der Waals surface area contributed by atoms with Gasteiger partial charge in [-0.05, 0) is 37.9 Å². The fraction of sp³-hybridized carbons (Fsp3) is 0.0476. The van der Waals surface area contributed by atoms with E-state index in [-0.39, 0.29) is 6.99 Å². The van der Waals surface area contributed by atoms with Crippen molar-refractivity contribution in [1.29, 1.82) is 0 Å². The SMILES string of the molecule is C=C/C(=C\N=C)c1nc(Oc2ccccc2C(N)=O)c2cc(C)ccc2n1.[HH]. The number of allylic oxidation sites excluding steroid dienone is 2. The predicted octanol–water partition coefficient (Wildman–Crippen LogP) is 4.30. The van der Waals surface area contributed by atoms with Crippen molar-refractivity contribution in [2.24, 2.45) is 10.7 Å². The Labute approximate surface area is 158 Å². The summed E-state index contributed by atoms with van der Waals surface area (Å²) in [5, 5.41) is 0.716. The number of amides is 1. The molecular weight excluding hydrogens is 340 g/mol. The number of aliphatic imine (C=N–C) groups is 1. The number of aromatic nitrogens is 2. The zero-order chi connectivity index (χ0) is 19.4. The molecule has 0 aliphatic rings. The average molecular weight is 360 g/mol. The molecule has 6 heteroatoms. The second-order valence-corrected chi connectivity index (χ2v) is 5.81. The van der Waals surface area contributed by atoms with Gasteiger partial charge in [0.05, 0.1) is 16.5 Å². The van der Waals surface area contributed by atoms with Gasteiger partial charge in [0.15, 0.2) is 5.82 Å². The highest BCUT2D eigenvalue weighted by Crippen LogP contribution is 2.31. The molecule has 0 aliphatic carbocycles. The monoisotopic (exact) mass is 360 g/mol. The minimum atomic E-state index is -0.581. The number of nitrogens with two attached hydrogens (primary N) is 1. The Morgan fingerprint density at radius 1 is 1.26 bits per heavy atom. The quantitative estimate of drug-likeness (QED) is 0.524. The summed E-state index contributed by atoms with van der Waals surface area (Å²) in [5.41, 5.74) is 8.03. The zero-order valence-corrected chi connectivity index (χ0v) is 14.8. The first-order valence-corrected chi connectivity index (χ1v) is 8.17. The Balaban J connectivity index is 0.00000280. The van der Waals surface area contributed by atoms with Gasteiger partial charge in [-0.3, -0.25) is 9.79 Å². The molecule has 1 aromatic heterocycles. The van der Waals surface area contributed by atoms with E-state index in [0.29, 0.717) is 33.9 Å². The first kappa shape index (κ1) is 18.0. The summed E-state index contributed by atoms with van der Waals surface area (Å²) < 4.78 is 5.99. The number of hydrogen-bond acceptors (Lipinski definition) is 5. The van der Waals surface area contributed by atoms with Crippen molar-refractivity contribution in [3.05, 3.63) is 78.3 Å². The van der Waals surface area contributed by atoms with Crippen molar-refractivity contribution in [3.63, 3.8) is 0 Å². The summed E-state index contributed by atoms with van der Waals surface area (Å²) in [5.74, 6) is 0.441. The molecule has 0 atom stereocenters. The number of aryl methyl sites for hydroxylation is 1. The fourth-order valence-electron chi connectivity index (χ4n) is 2.58. The minimum absolute atomic E-state index is 0. The molecule has 0 bridgehead atoms. The van der Waals surface area contributed by atoms with Gasteiger partial charge in [0, 0.05) is 13.2 Å². The standard InChI is InChI=1S/C21H18N4O2.H2/c1-4-14(12-23-3)20-24-17-10-9-13(2)11-16(17)21(25-20)27-18-8-6-5-7-15(18)19(22)26;/h4-12H,1,3H2,2H3,(H2,22,26);1H/b14-12+;. The third-order valence-electron chi connectivity index (χ3n) is 3.88. The zero-order valence-electron chi connectivity index (χ0n) is 14.8. The number of ether oxygens (including phenoxy) is 1. The summed E-state index contributed by atoms with van der Waals surface area (Å²) in [6, 6.07) is 12.5. The molecule has 1 amide bonds. The number of carbonyl (C=O) groups is 1. The van der Waals surface area contributed by atoms with Crippen molar-refractivity contribution in [2.75, 3.05) is 0 Å². The minimum Gasteiger partial charge on any atom is -0.437 e. The fourth-order valence-corrected chi connectivity index (χ4v) is 2.58. The summed E-state index contributed by atoms with van der Waals surface area (Å²) in [7, 11) is 0. The number of primary amides is 1. The Kier molecular flexibility index (Phi) is 5.08. The molecule has 0 saturated heterocycles. The van der Waals surface area contributed by atoms with Crippen molar-refractivity contribution in [3.8, 4) is 11.6 Å². The maximum atomic E-state index is 11.7. The largest absolute Gasteiger partial charge is 0.437 e. The molecule has 0 aliphatic heterocycles. The van der Waals surface area contributed by atoms with Crippen LogP contribution in [0.1, 0.15) is 23.2 Å². The molecule has 0 radical (unpaired) electrons. The van der Waals surface area contributed by atoms with Crippen LogP contribution in [0.25, 0.3) is 16.5 Å². The van der Waals surface area contributed by atoms with Crippen LogP contribution >= 0.6 is 0 Å². The van der Waals surface area contributed by atoms with E-state index in [2.05, 4.69) is 28.3 Å². The Morgan fingerprint density at radius 2 is 2.04 bits per heavy atom. The lowest BCUT2D eigenvalue weighted by molar-refractivity contribution is 0.0998. The van der Waals surface area contributed by atoms with Crippen LogP contribution in [0, 0.1) is 6.92 Å². The smallest absolute Gasteiger partial charge is 0.252 e. The summed E-state index contributed by atoms with van der Waals surface area (Å²) >= 11 is 0. The molecule has 27 heavy (non-hydrogen) atoms. The lowest BCUT2D eigenvalue weighted by Crippen LogP contribution is -2.12. The molecule has 0 spiro atoms. The maximum Gasteiger partial charge on any atom is 0.252 e. The maximum absolute atomic E-state index is 11.7. The van der Waals surface area contributed by atoms with E-state index in [0.717, 1.165) is 5.56 Å². The third-order valence-corrected chi connectivity index (χ3v) is 3.88. The van der Waals surface area contributed by atoms with Crippen molar-refractivity contribution in [1.82, 2.24) is 9.97 Å². The Hall–Kier alpha value is -3.80. The molecule has 136 valence electrons. The number of para-hydroxylation sites is 1. The highest BCUT2D eigenvalue weighted by molar-refractivity contribution is 5.96. The molecule has 0 saturated carbocycles. The van der Waals surface area contributed by atoms with Crippen LogP contribution in [0.5, 0.6) is 11.6 Å². The molecule has 2 N–H and O–H groups in total. The van der Waals surface area contributed by atoms with Gasteiger partial charge in [0.1, 0.15) is 5.75 Å². The topological polar surface area (TPSA) is 90.5 Å². The lowest BCUT2D eigenvalue weighted by Gasteiger charge is -2.12. The highest BCUT2D eigenvalue weighted by atomic mass is 16.5. The van der Waals surface area contributed by atoms with Gasteiger partial charge in [-0.1, -0.05) is 36.4 Å². The van der Waals surface area contributed by atoms with Gasteiger partial charge in [-0.2, -0.15) is 4.98 Å². The first-order valence-electron chi connectivity index (χ1n) is 8.17. The summed E-state index contributed by atoms with van der Waals surface area (Å²) in [6.07, 6.45) is 3.11. The van der Waals surface area contributed by atoms with Gasteiger partial charge in [-0.25, -0.2) is 4.98 Å². The number of nitrogens with zero attached hydrogens (tertiary/aromatic N) is 3. The van der Waals surface area contributed by atoms with Gasteiger partial charge >= 0.3 is 0 Å². The van der Waals surface area contributed by atoms with Crippen LogP contribution < -0.4 is 10.5 Å².